The Kier molecular flexibility index (Phi) is 4.94. The van der Waals surface area contributed by atoms with Crippen molar-refractivity contribution in [3.05, 3.63) is 51.1 Å². The van der Waals surface area contributed by atoms with E-state index in [1.807, 2.05) is 36.5 Å². The van der Waals surface area contributed by atoms with E-state index in [9.17, 15) is 13.2 Å². The van der Waals surface area contributed by atoms with Crippen LogP contribution in [-0.2, 0) is 10.0 Å². The minimum atomic E-state index is -3.64. The zero-order valence-electron chi connectivity index (χ0n) is 11.7. The zero-order valence-corrected chi connectivity index (χ0v) is 13.4. The fraction of sp³-hybridized carbons (Fsp3) is 0.308. The van der Waals surface area contributed by atoms with Gasteiger partial charge in [-0.05, 0) is 31.6 Å². The van der Waals surface area contributed by atoms with Crippen molar-refractivity contribution in [2.75, 3.05) is 20.6 Å². The van der Waals surface area contributed by atoms with Crippen LogP contribution < -0.4 is 10.3 Å². The predicted octanol–water partition coefficient (Wildman–Crippen LogP) is 1.02. The summed E-state index contributed by atoms with van der Waals surface area (Å²) in [6, 6.07) is 6.35. The van der Waals surface area contributed by atoms with Gasteiger partial charge in [0.25, 0.3) is 0 Å². The molecule has 0 saturated carbocycles. The van der Waals surface area contributed by atoms with Crippen LogP contribution in [0.25, 0.3) is 0 Å². The second-order valence-corrected chi connectivity index (χ2v) is 7.48. The maximum atomic E-state index is 12.2. The molecule has 2 aromatic rings. The molecule has 0 aromatic carbocycles. The Morgan fingerprint density at radius 3 is 2.62 bits per heavy atom. The first kappa shape index (κ1) is 15.9. The molecule has 6 nitrogen and oxygen atoms in total. The van der Waals surface area contributed by atoms with Gasteiger partial charge in [0.2, 0.25) is 15.6 Å². The third-order valence-electron chi connectivity index (χ3n) is 3.03. The molecule has 0 saturated heterocycles. The lowest BCUT2D eigenvalue weighted by Crippen LogP contribution is -2.34. The van der Waals surface area contributed by atoms with E-state index in [1.54, 1.807) is 11.3 Å². The Morgan fingerprint density at radius 1 is 1.33 bits per heavy atom. The van der Waals surface area contributed by atoms with Crippen LogP contribution in [0.2, 0.25) is 0 Å². The number of hydrogen-bond donors (Lipinski definition) is 2. The quantitative estimate of drug-likeness (QED) is 0.830. The second kappa shape index (κ2) is 6.52. The highest BCUT2D eigenvalue weighted by Gasteiger charge is 2.20. The average Bonchev–Trinajstić information content (AvgIpc) is 2.93. The molecule has 8 heteroatoms. The molecule has 1 atom stereocenters. The first-order valence-electron chi connectivity index (χ1n) is 6.28. The first-order chi connectivity index (χ1) is 9.90. The molecule has 0 radical (unpaired) electrons. The molecule has 114 valence electrons. The topological polar surface area (TPSA) is 82.3 Å². The highest BCUT2D eigenvalue weighted by molar-refractivity contribution is 7.89. The third kappa shape index (κ3) is 4.01. The first-order valence-corrected chi connectivity index (χ1v) is 8.64. The maximum absolute atomic E-state index is 12.2. The van der Waals surface area contributed by atoms with Crippen LogP contribution in [0.5, 0.6) is 0 Å². The smallest absolute Gasteiger partial charge is 0.247 e. The van der Waals surface area contributed by atoms with Gasteiger partial charge in [-0.25, -0.2) is 13.1 Å². The summed E-state index contributed by atoms with van der Waals surface area (Å²) in [7, 11) is 0.164. The SMILES string of the molecule is CN(C)C(CNS(=O)(=O)c1ccc(=O)[nH]c1)c1cccs1. The molecule has 0 fully saturated rings. The molecular weight excluding hydrogens is 310 g/mol. The van der Waals surface area contributed by atoms with Crippen LogP contribution in [0.1, 0.15) is 10.9 Å². The highest BCUT2D eigenvalue weighted by Crippen LogP contribution is 2.22. The standard InChI is InChI=1S/C13H17N3O3S2/c1-16(2)11(12-4-3-7-20-12)9-15-21(18,19)10-5-6-13(17)14-8-10/h3-8,11,15H,9H2,1-2H3,(H,14,17). The minimum Gasteiger partial charge on any atom is -0.328 e. The summed E-state index contributed by atoms with van der Waals surface area (Å²) in [5.74, 6) is 0. The van der Waals surface area contributed by atoms with E-state index >= 15 is 0 Å². The van der Waals surface area contributed by atoms with Crippen molar-refractivity contribution in [1.29, 1.82) is 0 Å². The van der Waals surface area contributed by atoms with Crippen molar-refractivity contribution in [2.45, 2.75) is 10.9 Å². The molecule has 1 unspecified atom stereocenters. The number of nitrogens with zero attached hydrogens (tertiary/aromatic N) is 1. The molecule has 0 aliphatic carbocycles. The van der Waals surface area contributed by atoms with E-state index < -0.39 is 10.0 Å². The zero-order chi connectivity index (χ0) is 15.5. The van der Waals surface area contributed by atoms with Crippen molar-refractivity contribution < 1.29 is 8.42 Å². The van der Waals surface area contributed by atoms with E-state index in [0.717, 1.165) is 4.88 Å². The summed E-state index contributed by atoms with van der Waals surface area (Å²) in [6.07, 6.45) is 1.19. The lowest BCUT2D eigenvalue weighted by Gasteiger charge is -2.23. The highest BCUT2D eigenvalue weighted by atomic mass is 32.2. The molecule has 0 spiro atoms. The van der Waals surface area contributed by atoms with Crippen molar-refractivity contribution >= 4 is 21.4 Å². The summed E-state index contributed by atoms with van der Waals surface area (Å²) >= 11 is 1.58. The minimum absolute atomic E-state index is 0.0393. The van der Waals surface area contributed by atoms with E-state index in [4.69, 9.17) is 0 Å². The van der Waals surface area contributed by atoms with Gasteiger partial charge in [0.05, 0.1) is 10.9 Å². The molecule has 0 aliphatic heterocycles. The van der Waals surface area contributed by atoms with Crippen molar-refractivity contribution in [3.63, 3.8) is 0 Å². The normalized spacial score (nSPS) is 13.5. The fourth-order valence-corrected chi connectivity index (χ4v) is 3.78. The Labute approximate surface area is 127 Å². The number of hydrogen-bond acceptors (Lipinski definition) is 5. The Morgan fingerprint density at radius 2 is 2.10 bits per heavy atom. The van der Waals surface area contributed by atoms with Crippen LogP contribution in [0.3, 0.4) is 0 Å². The molecule has 21 heavy (non-hydrogen) atoms. The number of pyridine rings is 1. The molecule has 0 bridgehead atoms. The number of sulfonamides is 1. The summed E-state index contributed by atoms with van der Waals surface area (Å²) in [5.41, 5.74) is -0.335. The molecule has 2 heterocycles. The third-order valence-corrected chi connectivity index (χ3v) is 5.42. The van der Waals surface area contributed by atoms with Gasteiger partial charge >= 0.3 is 0 Å². The fourth-order valence-electron chi connectivity index (χ4n) is 1.85. The molecule has 0 aliphatic rings. The van der Waals surface area contributed by atoms with Crippen LogP contribution in [-0.4, -0.2) is 38.9 Å². The van der Waals surface area contributed by atoms with E-state index in [1.165, 1.54) is 18.3 Å². The van der Waals surface area contributed by atoms with Crippen molar-refractivity contribution in [1.82, 2.24) is 14.6 Å². The monoisotopic (exact) mass is 327 g/mol. The molecule has 2 N–H and O–H groups in total. The van der Waals surface area contributed by atoms with Crippen LogP contribution in [0, 0.1) is 0 Å². The summed E-state index contributed by atoms with van der Waals surface area (Å²) in [6.45, 7) is 0.259. The number of H-pyrrole nitrogens is 1. The van der Waals surface area contributed by atoms with Crippen LogP contribution in [0.15, 0.2) is 45.5 Å². The number of aromatic nitrogens is 1. The number of likely N-dealkylation sites (N-methyl/N-ethyl adjacent to an activating group) is 1. The van der Waals surface area contributed by atoms with Gasteiger partial charge in [0.15, 0.2) is 0 Å². The molecule has 2 rings (SSSR count). The number of nitrogens with one attached hydrogen (secondary N) is 2. The van der Waals surface area contributed by atoms with E-state index in [-0.39, 0.29) is 23.0 Å². The van der Waals surface area contributed by atoms with Gasteiger partial charge < -0.3 is 9.88 Å². The summed E-state index contributed by atoms with van der Waals surface area (Å²) < 4.78 is 27.0. The maximum Gasteiger partial charge on any atom is 0.247 e. The summed E-state index contributed by atoms with van der Waals surface area (Å²) in [4.78, 5) is 16.4. The average molecular weight is 327 g/mol. The van der Waals surface area contributed by atoms with Crippen molar-refractivity contribution in [3.8, 4) is 0 Å². The van der Waals surface area contributed by atoms with E-state index in [0.29, 0.717) is 0 Å². The Hall–Kier alpha value is -1.48. The molecular formula is C13H17N3O3S2. The number of rotatable bonds is 6. The van der Waals surface area contributed by atoms with E-state index in [2.05, 4.69) is 9.71 Å². The van der Waals surface area contributed by atoms with Gasteiger partial charge in [-0.1, -0.05) is 6.07 Å². The summed E-state index contributed by atoms with van der Waals surface area (Å²) in [5, 5.41) is 1.96. The second-order valence-electron chi connectivity index (χ2n) is 4.74. The van der Waals surface area contributed by atoms with Gasteiger partial charge in [0, 0.05) is 23.7 Å². The number of thiophene rings is 1. The van der Waals surface area contributed by atoms with Gasteiger partial charge in [-0.15, -0.1) is 11.3 Å². The molecule has 2 aromatic heterocycles. The largest absolute Gasteiger partial charge is 0.328 e. The Bertz CT molecular complexity index is 716. The Balaban J connectivity index is 2.13. The van der Waals surface area contributed by atoms with Gasteiger partial charge in [-0.3, -0.25) is 4.79 Å². The lowest BCUT2D eigenvalue weighted by molar-refractivity contribution is 0.303. The van der Waals surface area contributed by atoms with Crippen LogP contribution >= 0.6 is 11.3 Å². The van der Waals surface area contributed by atoms with Gasteiger partial charge in [0.1, 0.15) is 0 Å². The molecule has 0 amide bonds. The number of aromatic amines is 1. The van der Waals surface area contributed by atoms with Crippen molar-refractivity contribution in [2.24, 2.45) is 0 Å². The predicted molar refractivity (Wildman–Crippen MR) is 83.0 cm³/mol. The van der Waals surface area contributed by atoms with Crippen LogP contribution in [0.4, 0.5) is 0 Å². The van der Waals surface area contributed by atoms with Gasteiger partial charge in [-0.2, -0.15) is 0 Å². The lowest BCUT2D eigenvalue weighted by atomic mass is 10.2.